The molecule has 1 aromatic rings. The van der Waals surface area contributed by atoms with E-state index in [1.807, 2.05) is 18.7 Å². The van der Waals surface area contributed by atoms with Crippen LogP contribution in [0.1, 0.15) is 32.4 Å². The lowest BCUT2D eigenvalue weighted by Crippen LogP contribution is -2.46. The molecule has 0 bridgehead atoms. The van der Waals surface area contributed by atoms with Crippen LogP contribution in [0.2, 0.25) is 0 Å². The Kier molecular flexibility index (Phi) is 4.11. The summed E-state index contributed by atoms with van der Waals surface area (Å²) in [6.45, 7) is 7.31. The quantitative estimate of drug-likeness (QED) is 0.907. The zero-order chi connectivity index (χ0) is 14.8. The fourth-order valence-corrected chi connectivity index (χ4v) is 2.47. The highest BCUT2D eigenvalue weighted by atomic mass is 16.5. The van der Waals surface area contributed by atoms with Crippen LogP contribution in [0.25, 0.3) is 0 Å². The van der Waals surface area contributed by atoms with E-state index in [0.717, 1.165) is 18.7 Å². The minimum Gasteiger partial charge on any atom is -0.481 e. The van der Waals surface area contributed by atoms with Crippen LogP contribution in [0.3, 0.4) is 0 Å². The first kappa shape index (κ1) is 14.6. The number of aryl methyl sites for hydroxylation is 1. The maximum atomic E-state index is 11.4. The topological polar surface area (TPSA) is 75.5 Å². The molecule has 20 heavy (non-hydrogen) atoms. The molecular weight excluding hydrogens is 258 g/mol. The summed E-state index contributed by atoms with van der Waals surface area (Å²) in [6.07, 6.45) is 1.51. The second kappa shape index (κ2) is 5.64. The Hall–Kier alpha value is -1.85. The Bertz CT molecular complexity index is 506. The van der Waals surface area contributed by atoms with Crippen molar-refractivity contribution in [1.82, 2.24) is 9.97 Å². The first-order chi connectivity index (χ1) is 9.44. The molecule has 0 aromatic carbocycles. The number of hydrogen-bond donors (Lipinski definition) is 1. The number of carbonyl (C=O) groups is 1. The molecule has 0 amide bonds. The molecule has 1 aliphatic rings. The standard InChI is InChI=1S/C14H21N3O3/c1-4-20-11-8-10(2)15-13(16-11)17-7-5-6-14(3,9-17)12(18)19/h8H,4-7,9H2,1-3H3,(H,18,19). The van der Waals surface area contributed by atoms with Crippen molar-refractivity contribution in [3.63, 3.8) is 0 Å². The zero-order valence-electron chi connectivity index (χ0n) is 12.2. The summed E-state index contributed by atoms with van der Waals surface area (Å²) >= 11 is 0. The van der Waals surface area contributed by atoms with E-state index in [0.29, 0.717) is 31.4 Å². The van der Waals surface area contributed by atoms with Gasteiger partial charge in [0.25, 0.3) is 0 Å². The number of ether oxygens (including phenoxy) is 1. The molecule has 1 aliphatic heterocycles. The second-order valence-corrected chi connectivity index (χ2v) is 5.47. The third kappa shape index (κ3) is 3.00. The van der Waals surface area contributed by atoms with Gasteiger partial charge in [-0.1, -0.05) is 0 Å². The lowest BCUT2D eigenvalue weighted by atomic mass is 9.82. The molecule has 0 radical (unpaired) electrons. The van der Waals surface area contributed by atoms with Crippen molar-refractivity contribution in [3.05, 3.63) is 11.8 Å². The van der Waals surface area contributed by atoms with Crippen LogP contribution in [-0.4, -0.2) is 40.7 Å². The normalized spacial score (nSPS) is 22.6. The van der Waals surface area contributed by atoms with Gasteiger partial charge in [-0.3, -0.25) is 4.79 Å². The van der Waals surface area contributed by atoms with Crippen molar-refractivity contribution in [2.24, 2.45) is 5.41 Å². The molecule has 110 valence electrons. The van der Waals surface area contributed by atoms with Gasteiger partial charge in [0.1, 0.15) is 0 Å². The Balaban J connectivity index is 2.24. The molecular formula is C14H21N3O3. The lowest BCUT2D eigenvalue weighted by molar-refractivity contribution is -0.148. The average molecular weight is 279 g/mol. The van der Waals surface area contributed by atoms with E-state index in [2.05, 4.69) is 9.97 Å². The lowest BCUT2D eigenvalue weighted by Gasteiger charge is -2.37. The van der Waals surface area contributed by atoms with Crippen molar-refractivity contribution < 1.29 is 14.6 Å². The minimum atomic E-state index is -0.764. The maximum Gasteiger partial charge on any atom is 0.311 e. The number of aromatic nitrogens is 2. The molecule has 1 fully saturated rings. The molecule has 1 saturated heterocycles. The highest BCUT2D eigenvalue weighted by Crippen LogP contribution is 2.31. The third-order valence-electron chi connectivity index (χ3n) is 3.61. The van der Waals surface area contributed by atoms with Gasteiger partial charge in [0, 0.05) is 24.8 Å². The van der Waals surface area contributed by atoms with E-state index in [-0.39, 0.29) is 0 Å². The van der Waals surface area contributed by atoms with Crippen LogP contribution in [0, 0.1) is 12.3 Å². The molecule has 1 atom stereocenters. The highest BCUT2D eigenvalue weighted by Gasteiger charge is 2.38. The molecule has 1 unspecified atom stereocenters. The second-order valence-electron chi connectivity index (χ2n) is 5.47. The number of rotatable bonds is 4. The van der Waals surface area contributed by atoms with Crippen LogP contribution in [0.4, 0.5) is 5.95 Å². The van der Waals surface area contributed by atoms with Crippen molar-refractivity contribution in [3.8, 4) is 5.88 Å². The molecule has 6 heteroatoms. The molecule has 1 N–H and O–H groups in total. The van der Waals surface area contributed by atoms with Crippen molar-refractivity contribution in [1.29, 1.82) is 0 Å². The van der Waals surface area contributed by atoms with Gasteiger partial charge in [-0.15, -0.1) is 0 Å². The molecule has 1 aromatic heterocycles. The van der Waals surface area contributed by atoms with Crippen molar-refractivity contribution in [2.75, 3.05) is 24.6 Å². The predicted octanol–water partition coefficient (Wildman–Crippen LogP) is 1.87. The number of carboxylic acid groups (broad SMARTS) is 1. The van der Waals surface area contributed by atoms with E-state index in [9.17, 15) is 9.90 Å². The maximum absolute atomic E-state index is 11.4. The largest absolute Gasteiger partial charge is 0.481 e. The Labute approximate surface area is 118 Å². The van der Waals surface area contributed by atoms with Crippen LogP contribution in [0.5, 0.6) is 5.88 Å². The smallest absolute Gasteiger partial charge is 0.311 e. The number of piperidine rings is 1. The van der Waals surface area contributed by atoms with E-state index in [1.165, 1.54) is 0 Å². The number of hydrogen-bond acceptors (Lipinski definition) is 5. The molecule has 0 aliphatic carbocycles. The zero-order valence-corrected chi connectivity index (χ0v) is 12.2. The van der Waals surface area contributed by atoms with Crippen LogP contribution in [-0.2, 0) is 4.79 Å². The molecule has 2 heterocycles. The monoisotopic (exact) mass is 279 g/mol. The van der Waals surface area contributed by atoms with E-state index in [4.69, 9.17) is 4.74 Å². The van der Waals surface area contributed by atoms with Crippen molar-refractivity contribution >= 4 is 11.9 Å². The first-order valence-electron chi connectivity index (χ1n) is 6.91. The fourth-order valence-electron chi connectivity index (χ4n) is 2.47. The summed E-state index contributed by atoms with van der Waals surface area (Å²) in [5.41, 5.74) is 0.0815. The fraction of sp³-hybridized carbons (Fsp3) is 0.643. The minimum absolute atomic E-state index is 0.428. The summed E-state index contributed by atoms with van der Waals surface area (Å²) in [5.74, 6) is 0.332. The van der Waals surface area contributed by atoms with Gasteiger partial charge >= 0.3 is 5.97 Å². The summed E-state index contributed by atoms with van der Waals surface area (Å²) in [4.78, 5) is 22.1. The van der Waals surface area contributed by atoms with E-state index < -0.39 is 11.4 Å². The third-order valence-corrected chi connectivity index (χ3v) is 3.61. The van der Waals surface area contributed by atoms with Gasteiger partial charge in [0.15, 0.2) is 0 Å². The van der Waals surface area contributed by atoms with Gasteiger partial charge in [-0.25, -0.2) is 4.98 Å². The number of anilines is 1. The molecule has 0 spiro atoms. The molecule has 0 saturated carbocycles. The van der Waals surface area contributed by atoms with E-state index >= 15 is 0 Å². The molecule has 2 rings (SSSR count). The van der Waals surface area contributed by atoms with Crippen LogP contribution < -0.4 is 9.64 Å². The van der Waals surface area contributed by atoms with Crippen LogP contribution >= 0.6 is 0 Å². The average Bonchev–Trinajstić information content (AvgIpc) is 2.38. The first-order valence-corrected chi connectivity index (χ1v) is 6.91. The summed E-state index contributed by atoms with van der Waals surface area (Å²) < 4.78 is 5.42. The Morgan fingerprint density at radius 3 is 2.95 bits per heavy atom. The highest BCUT2D eigenvalue weighted by molar-refractivity contribution is 5.75. The van der Waals surface area contributed by atoms with Gasteiger partial charge in [0.05, 0.1) is 12.0 Å². The van der Waals surface area contributed by atoms with Gasteiger partial charge in [-0.05, 0) is 33.6 Å². The van der Waals surface area contributed by atoms with Crippen molar-refractivity contribution in [2.45, 2.75) is 33.6 Å². The summed E-state index contributed by atoms with van der Waals surface area (Å²) in [7, 11) is 0. The number of nitrogens with zero attached hydrogens (tertiary/aromatic N) is 3. The van der Waals surface area contributed by atoms with Gasteiger partial charge < -0.3 is 14.7 Å². The summed E-state index contributed by atoms with van der Waals surface area (Å²) in [5, 5.41) is 9.36. The Morgan fingerprint density at radius 1 is 1.55 bits per heavy atom. The molecule has 6 nitrogen and oxygen atoms in total. The number of carboxylic acids is 1. The summed E-state index contributed by atoms with van der Waals surface area (Å²) in [6, 6.07) is 1.79. The predicted molar refractivity (Wildman–Crippen MR) is 75.1 cm³/mol. The Morgan fingerprint density at radius 2 is 2.30 bits per heavy atom. The van der Waals surface area contributed by atoms with Crippen LogP contribution in [0.15, 0.2) is 6.07 Å². The van der Waals surface area contributed by atoms with E-state index in [1.54, 1.807) is 13.0 Å². The number of aliphatic carboxylic acids is 1. The SMILES string of the molecule is CCOc1cc(C)nc(N2CCCC(C)(C(=O)O)C2)n1. The van der Waals surface area contributed by atoms with Gasteiger partial charge in [-0.2, -0.15) is 4.98 Å². The van der Waals surface area contributed by atoms with Gasteiger partial charge in [0.2, 0.25) is 11.8 Å².